The van der Waals surface area contributed by atoms with Crippen molar-refractivity contribution in [2.24, 2.45) is 0 Å². The van der Waals surface area contributed by atoms with Gasteiger partial charge in [0.1, 0.15) is 5.75 Å². The number of rotatable bonds is 6. The molecule has 0 saturated carbocycles. The molecule has 0 aliphatic carbocycles. The van der Waals surface area contributed by atoms with Crippen LogP contribution < -0.4 is 10.1 Å². The summed E-state index contributed by atoms with van der Waals surface area (Å²) in [6.45, 7) is 4.32. The molecule has 6 heteroatoms. The highest BCUT2D eigenvalue weighted by atomic mass is 32.2. The van der Waals surface area contributed by atoms with Crippen molar-refractivity contribution < 1.29 is 17.9 Å². The minimum Gasteiger partial charge on any atom is -0.494 e. The predicted octanol–water partition coefficient (Wildman–Crippen LogP) is 2.98. The first-order valence-electron chi connectivity index (χ1n) is 7.62. The Bertz CT molecular complexity index is 827. The average molecular weight is 347 g/mol. The molecule has 5 nitrogen and oxygen atoms in total. The lowest BCUT2D eigenvalue weighted by molar-refractivity contribution is -0.115. The van der Waals surface area contributed by atoms with Crippen molar-refractivity contribution in [3.05, 3.63) is 53.6 Å². The Morgan fingerprint density at radius 3 is 2.38 bits per heavy atom. The molecule has 0 fully saturated rings. The first kappa shape index (κ1) is 18.0. The number of benzene rings is 2. The quantitative estimate of drug-likeness (QED) is 0.872. The van der Waals surface area contributed by atoms with Crippen molar-refractivity contribution in [2.75, 3.05) is 18.2 Å². The molecular formula is C18H21NO4S. The first-order valence-corrected chi connectivity index (χ1v) is 9.51. The van der Waals surface area contributed by atoms with Gasteiger partial charge in [-0.25, -0.2) is 8.42 Å². The van der Waals surface area contributed by atoms with Crippen LogP contribution in [0.15, 0.2) is 47.4 Å². The van der Waals surface area contributed by atoms with E-state index >= 15 is 0 Å². The molecule has 2 rings (SSSR count). The van der Waals surface area contributed by atoms with Crippen molar-refractivity contribution in [1.29, 1.82) is 0 Å². The van der Waals surface area contributed by atoms with Crippen molar-refractivity contribution >= 4 is 21.4 Å². The largest absolute Gasteiger partial charge is 0.494 e. The number of amides is 1. The number of ether oxygens (including phenoxy) is 1. The highest BCUT2D eigenvalue weighted by Gasteiger charge is 2.12. The second-order valence-corrected chi connectivity index (χ2v) is 7.57. The lowest BCUT2D eigenvalue weighted by atomic mass is 10.1. The number of hydrogen-bond acceptors (Lipinski definition) is 4. The number of anilines is 1. The van der Waals surface area contributed by atoms with Crippen molar-refractivity contribution in [3.8, 4) is 5.75 Å². The van der Waals surface area contributed by atoms with E-state index in [0.717, 1.165) is 23.1 Å². The lowest BCUT2D eigenvalue weighted by Gasteiger charge is -2.10. The molecule has 0 radical (unpaired) electrons. The number of aryl methyl sites for hydroxylation is 1. The van der Waals surface area contributed by atoms with Gasteiger partial charge in [-0.3, -0.25) is 4.79 Å². The van der Waals surface area contributed by atoms with Gasteiger partial charge in [-0.1, -0.05) is 18.2 Å². The SMILES string of the molecule is CCOc1ccc(CC(=O)Nc2cc(S(C)(=O)=O)ccc2C)cc1. The highest BCUT2D eigenvalue weighted by Crippen LogP contribution is 2.21. The molecule has 0 spiro atoms. The molecule has 0 saturated heterocycles. The molecule has 128 valence electrons. The zero-order valence-electron chi connectivity index (χ0n) is 14.0. The zero-order chi connectivity index (χ0) is 17.7. The number of carbonyl (C=O) groups is 1. The van der Waals surface area contributed by atoms with Crippen LogP contribution in [0.5, 0.6) is 5.75 Å². The molecule has 1 N–H and O–H groups in total. The van der Waals surface area contributed by atoms with Crippen LogP contribution in [-0.4, -0.2) is 27.2 Å². The summed E-state index contributed by atoms with van der Waals surface area (Å²) in [4.78, 5) is 12.4. The molecule has 0 heterocycles. The van der Waals surface area contributed by atoms with Crippen LogP contribution in [0.1, 0.15) is 18.1 Å². The van der Waals surface area contributed by atoms with Crippen LogP contribution >= 0.6 is 0 Å². The average Bonchev–Trinajstić information content (AvgIpc) is 2.50. The van der Waals surface area contributed by atoms with E-state index in [2.05, 4.69) is 5.32 Å². The van der Waals surface area contributed by atoms with E-state index in [1.807, 2.05) is 38.1 Å². The maximum atomic E-state index is 12.2. The number of hydrogen-bond donors (Lipinski definition) is 1. The van der Waals surface area contributed by atoms with Crippen LogP contribution in [0.25, 0.3) is 0 Å². The van der Waals surface area contributed by atoms with Gasteiger partial charge in [0.05, 0.1) is 17.9 Å². The van der Waals surface area contributed by atoms with Gasteiger partial charge in [-0.05, 0) is 49.2 Å². The second kappa shape index (κ2) is 7.49. The summed E-state index contributed by atoms with van der Waals surface area (Å²) < 4.78 is 28.6. The maximum absolute atomic E-state index is 12.2. The molecule has 1 amide bonds. The van der Waals surface area contributed by atoms with Crippen molar-refractivity contribution in [3.63, 3.8) is 0 Å². The van der Waals surface area contributed by atoms with Gasteiger partial charge in [0.15, 0.2) is 9.84 Å². The Morgan fingerprint density at radius 2 is 1.79 bits per heavy atom. The third-order valence-electron chi connectivity index (χ3n) is 3.51. The summed E-state index contributed by atoms with van der Waals surface area (Å²) in [5, 5.41) is 2.78. The lowest BCUT2D eigenvalue weighted by Crippen LogP contribution is -2.15. The molecule has 0 aliphatic rings. The van der Waals surface area contributed by atoms with Gasteiger partial charge in [-0.15, -0.1) is 0 Å². The third kappa shape index (κ3) is 4.83. The molecule has 0 aromatic heterocycles. The van der Waals surface area contributed by atoms with E-state index in [4.69, 9.17) is 4.74 Å². The Balaban J connectivity index is 2.09. The van der Waals surface area contributed by atoms with Gasteiger partial charge < -0.3 is 10.1 Å². The second-order valence-electron chi connectivity index (χ2n) is 5.55. The standard InChI is InChI=1S/C18H21NO4S/c1-4-23-15-8-6-14(7-9-15)11-18(20)19-17-12-16(24(3,21)22)10-5-13(17)2/h5-10,12H,4,11H2,1-3H3,(H,19,20). The van der Waals surface area contributed by atoms with Crippen LogP contribution in [0.2, 0.25) is 0 Å². The van der Waals surface area contributed by atoms with Crippen LogP contribution in [0.4, 0.5) is 5.69 Å². The zero-order valence-corrected chi connectivity index (χ0v) is 14.8. The van der Waals surface area contributed by atoms with E-state index in [1.165, 1.54) is 12.1 Å². The fraction of sp³-hybridized carbons (Fsp3) is 0.278. The summed E-state index contributed by atoms with van der Waals surface area (Å²) in [7, 11) is -3.31. The summed E-state index contributed by atoms with van der Waals surface area (Å²) in [5.74, 6) is 0.561. The molecule has 0 aliphatic heterocycles. The van der Waals surface area contributed by atoms with E-state index < -0.39 is 9.84 Å². The van der Waals surface area contributed by atoms with Gasteiger partial charge in [0, 0.05) is 11.9 Å². The minimum atomic E-state index is -3.31. The third-order valence-corrected chi connectivity index (χ3v) is 4.62. The smallest absolute Gasteiger partial charge is 0.228 e. The van der Waals surface area contributed by atoms with E-state index in [9.17, 15) is 13.2 Å². The summed E-state index contributed by atoms with van der Waals surface area (Å²) in [6.07, 6.45) is 1.35. The fourth-order valence-electron chi connectivity index (χ4n) is 2.22. The topological polar surface area (TPSA) is 72.5 Å². The molecule has 2 aromatic rings. The molecule has 0 atom stereocenters. The fourth-order valence-corrected chi connectivity index (χ4v) is 2.86. The summed E-state index contributed by atoms with van der Waals surface area (Å²) in [5.41, 5.74) is 2.17. The summed E-state index contributed by atoms with van der Waals surface area (Å²) >= 11 is 0. The van der Waals surface area contributed by atoms with Crippen molar-refractivity contribution in [2.45, 2.75) is 25.2 Å². The molecule has 0 unspecified atom stereocenters. The van der Waals surface area contributed by atoms with Crippen LogP contribution in [0, 0.1) is 6.92 Å². The predicted molar refractivity (Wildman–Crippen MR) is 94.2 cm³/mol. The maximum Gasteiger partial charge on any atom is 0.228 e. The number of nitrogens with one attached hydrogen (secondary N) is 1. The monoisotopic (exact) mass is 347 g/mol. The van der Waals surface area contributed by atoms with E-state index in [-0.39, 0.29) is 17.2 Å². The molecule has 2 aromatic carbocycles. The molecular weight excluding hydrogens is 326 g/mol. The Hall–Kier alpha value is -2.34. The van der Waals surface area contributed by atoms with Gasteiger partial charge in [-0.2, -0.15) is 0 Å². The van der Waals surface area contributed by atoms with Gasteiger partial charge in [0.25, 0.3) is 0 Å². The van der Waals surface area contributed by atoms with Crippen molar-refractivity contribution in [1.82, 2.24) is 0 Å². The number of sulfone groups is 1. The highest BCUT2D eigenvalue weighted by molar-refractivity contribution is 7.90. The van der Waals surface area contributed by atoms with Crippen LogP contribution in [0.3, 0.4) is 0 Å². The van der Waals surface area contributed by atoms with E-state index in [1.54, 1.807) is 6.07 Å². The van der Waals surface area contributed by atoms with Crippen LogP contribution in [-0.2, 0) is 21.1 Å². The minimum absolute atomic E-state index is 0.185. The summed E-state index contributed by atoms with van der Waals surface area (Å²) in [6, 6.07) is 12.0. The van der Waals surface area contributed by atoms with Gasteiger partial charge >= 0.3 is 0 Å². The Kier molecular flexibility index (Phi) is 5.62. The molecule has 24 heavy (non-hydrogen) atoms. The Morgan fingerprint density at radius 1 is 1.12 bits per heavy atom. The number of carbonyl (C=O) groups excluding carboxylic acids is 1. The van der Waals surface area contributed by atoms with Gasteiger partial charge in [0.2, 0.25) is 5.91 Å². The first-order chi connectivity index (χ1) is 11.3. The molecule has 0 bridgehead atoms. The normalized spacial score (nSPS) is 11.1. The van der Waals surface area contributed by atoms with E-state index in [0.29, 0.717) is 12.3 Å². The Labute approximate surface area is 142 Å².